The Bertz CT molecular complexity index is 304. The third-order valence-electron chi connectivity index (χ3n) is 3.41. The standard InChI is InChI=1S/C11H21N3O3/c1-14-8(9(12)15)5-6-11(13,7-3-4-7)10(16)17-2/h7-8,14H,3-6,13H2,1-2H3,(H2,12,15). The number of likely N-dealkylation sites (N-methyl/N-ethyl adjacent to an activating group) is 1. The van der Waals surface area contributed by atoms with Crippen molar-refractivity contribution in [1.29, 1.82) is 0 Å². The Balaban J connectivity index is 2.61. The Labute approximate surface area is 101 Å². The van der Waals surface area contributed by atoms with Crippen molar-refractivity contribution in [3.05, 3.63) is 0 Å². The lowest BCUT2D eigenvalue weighted by atomic mass is 9.87. The summed E-state index contributed by atoms with van der Waals surface area (Å²) in [6.45, 7) is 0. The first-order chi connectivity index (χ1) is 7.95. The van der Waals surface area contributed by atoms with Crippen molar-refractivity contribution < 1.29 is 14.3 Å². The molecule has 2 unspecified atom stereocenters. The maximum Gasteiger partial charge on any atom is 0.326 e. The number of esters is 1. The molecule has 0 aliphatic heterocycles. The average molecular weight is 243 g/mol. The smallest absolute Gasteiger partial charge is 0.326 e. The highest BCUT2D eigenvalue weighted by atomic mass is 16.5. The fourth-order valence-electron chi connectivity index (χ4n) is 2.07. The lowest BCUT2D eigenvalue weighted by molar-refractivity contribution is -0.148. The second-order valence-corrected chi connectivity index (χ2v) is 4.59. The fraction of sp³-hybridized carbons (Fsp3) is 0.818. The summed E-state index contributed by atoms with van der Waals surface area (Å²) in [5, 5.41) is 2.81. The van der Waals surface area contributed by atoms with Gasteiger partial charge in [-0.25, -0.2) is 0 Å². The first-order valence-corrected chi connectivity index (χ1v) is 5.79. The summed E-state index contributed by atoms with van der Waals surface area (Å²) in [6, 6.07) is -0.457. The molecule has 1 aliphatic rings. The monoisotopic (exact) mass is 243 g/mol. The summed E-state index contributed by atoms with van der Waals surface area (Å²) in [4.78, 5) is 22.8. The SMILES string of the molecule is CNC(CCC(N)(C(=O)OC)C1CC1)C(N)=O. The molecule has 0 aromatic heterocycles. The van der Waals surface area contributed by atoms with Gasteiger partial charge < -0.3 is 21.5 Å². The molecule has 98 valence electrons. The summed E-state index contributed by atoms with van der Waals surface area (Å²) in [6.07, 6.45) is 2.71. The number of methoxy groups -OCH3 is 1. The van der Waals surface area contributed by atoms with Gasteiger partial charge in [0, 0.05) is 0 Å². The van der Waals surface area contributed by atoms with Crippen LogP contribution in [0.15, 0.2) is 0 Å². The van der Waals surface area contributed by atoms with Crippen LogP contribution in [0.3, 0.4) is 0 Å². The molecule has 1 aliphatic carbocycles. The van der Waals surface area contributed by atoms with Crippen LogP contribution in [0.5, 0.6) is 0 Å². The number of nitrogens with one attached hydrogen (secondary N) is 1. The van der Waals surface area contributed by atoms with Crippen LogP contribution in [0.2, 0.25) is 0 Å². The molecule has 6 nitrogen and oxygen atoms in total. The zero-order valence-electron chi connectivity index (χ0n) is 10.4. The second kappa shape index (κ2) is 5.46. The molecule has 0 heterocycles. The predicted octanol–water partition coefficient (Wildman–Crippen LogP) is -0.880. The van der Waals surface area contributed by atoms with Crippen LogP contribution in [-0.2, 0) is 14.3 Å². The van der Waals surface area contributed by atoms with E-state index in [9.17, 15) is 9.59 Å². The van der Waals surface area contributed by atoms with E-state index in [1.807, 2.05) is 0 Å². The molecule has 0 aromatic carbocycles. The summed E-state index contributed by atoms with van der Waals surface area (Å²) in [5.41, 5.74) is 10.4. The molecular formula is C11H21N3O3. The topological polar surface area (TPSA) is 107 Å². The predicted molar refractivity (Wildman–Crippen MR) is 62.9 cm³/mol. The molecule has 1 amide bonds. The van der Waals surface area contributed by atoms with E-state index >= 15 is 0 Å². The van der Waals surface area contributed by atoms with E-state index in [0.29, 0.717) is 12.8 Å². The van der Waals surface area contributed by atoms with E-state index < -0.39 is 23.5 Å². The van der Waals surface area contributed by atoms with Crippen molar-refractivity contribution >= 4 is 11.9 Å². The van der Waals surface area contributed by atoms with Gasteiger partial charge in [-0.15, -0.1) is 0 Å². The summed E-state index contributed by atoms with van der Waals surface area (Å²) < 4.78 is 4.74. The van der Waals surface area contributed by atoms with Crippen molar-refractivity contribution in [2.24, 2.45) is 17.4 Å². The molecular weight excluding hydrogens is 222 g/mol. The first-order valence-electron chi connectivity index (χ1n) is 5.79. The minimum atomic E-state index is -0.973. The van der Waals surface area contributed by atoms with E-state index in [1.54, 1.807) is 7.05 Å². The maximum absolute atomic E-state index is 11.7. The Morgan fingerprint density at radius 1 is 1.53 bits per heavy atom. The van der Waals surface area contributed by atoms with Crippen LogP contribution in [0, 0.1) is 5.92 Å². The second-order valence-electron chi connectivity index (χ2n) is 4.59. The third kappa shape index (κ3) is 3.17. The van der Waals surface area contributed by atoms with Crippen LogP contribution in [0.25, 0.3) is 0 Å². The third-order valence-corrected chi connectivity index (χ3v) is 3.41. The van der Waals surface area contributed by atoms with Gasteiger partial charge in [-0.1, -0.05) is 0 Å². The number of nitrogens with two attached hydrogens (primary N) is 2. The Morgan fingerprint density at radius 3 is 2.47 bits per heavy atom. The Morgan fingerprint density at radius 2 is 2.12 bits per heavy atom. The number of carbonyl (C=O) groups is 2. The number of amides is 1. The van der Waals surface area contributed by atoms with Crippen molar-refractivity contribution in [1.82, 2.24) is 5.32 Å². The summed E-state index contributed by atoms with van der Waals surface area (Å²) >= 11 is 0. The van der Waals surface area contributed by atoms with Crippen molar-refractivity contribution in [2.45, 2.75) is 37.3 Å². The molecule has 6 heteroatoms. The molecule has 0 radical (unpaired) electrons. The van der Waals surface area contributed by atoms with E-state index in [0.717, 1.165) is 12.8 Å². The molecule has 0 spiro atoms. The maximum atomic E-state index is 11.7. The van der Waals surface area contributed by atoms with Crippen molar-refractivity contribution in [3.8, 4) is 0 Å². The van der Waals surface area contributed by atoms with Crippen LogP contribution in [-0.4, -0.2) is 37.6 Å². The molecule has 0 bridgehead atoms. The summed E-state index contributed by atoms with van der Waals surface area (Å²) in [7, 11) is 2.98. The number of hydrogen-bond acceptors (Lipinski definition) is 5. The highest BCUT2D eigenvalue weighted by Crippen LogP contribution is 2.41. The lowest BCUT2D eigenvalue weighted by Gasteiger charge is -2.27. The van der Waals surface area contributed by atoms with Crippen molar-refractivity contribution in [3.63, 3.8) is 0 Å². The number of hydrogen-bond donors (Lipinski definition) is 3. The van der Waals surface area contributed by atoms with E-state index in [2.05, 4.69) is 5.32 Å². The largest absolute Gasteiger partial charge is 0.468 e. The van der Waals surface area contributed by atoms with Gasteiger partial charge in [0.15, 0.2) is 0 Å². The quantitative estimate of drug-likeness (QED) is 0.503. The molecule has 1 fully saturated rings. The minimum Gasteiger partial charge on any atom is -0.468 e. The highest BCUT2D eigenvalue weighted by molar-refractivity contribution is 5.82. The van der Waals surface area contributed by atoms with Gasteiger partial charge in [0.25, 0.3) is 0 Å². The molecule has 1 rings (SSSR count). The molecule has 2 atom stereocenters. The molecule has 17 heavy (non-hydrogen) atoms. The number of primary amides is 1. The fourth-order valence-corrected chi connectivity index (χ4v) is 2.07. The molecule has 0 aromatic rings. The van der Waals surface area contributed by atoms with E-state index in [4.69, 9.17) is 16.2 Å². The van der Waals surface area contributed by atoms with E-state index in [-0.39, 0.29) is 5.92 Å². The van der Waals surface area contributed by atoms with Gasteiger partial charge >= 0.3 is 5.97 Å². The molecule has 0 saturated heterocycles. The van der Waals surface area contributed by atoms with Gasteiger partial charge in [-0.2, -0.15) is 0 Å². The average Bonchev–Trinajstić information content (AvgIpc) is 3.12. The highest BCUT2D eigenvalue weighted by Gasteiger charge is 2.48. The zero-order chi connectivity index (χ0) is 13.1. The Kier molecular flexibility index (Phi) is 4.47. The first kappa shape index (κ1) is 13.9. The Hall–Kier alpha value is -1.14. The van der Waals surface area contributed by atoms with Crippen molar-refractivity contribution in [2.75, 3.05) is 14.2 Å². The zero-order valence-corrected chi connectivity index (χ0v) is 10.4. The van der Waals surface area contributed by atoms with Crippen LogP contribution >= 0.6 is 0 Å². The number of ether oxygens (including phenoxy) is 1. The van der Waals surface area contributed by atoms with Gasteiger partial charge in [0.1, 0.15) is 5.54 Å². The molecule has 1 saturated carbocycles. The molecule has 5 N–H and O–H groups in total. The minimum absolute atomic E-state index is 0.167. The number of carbonyl (C=O) groups excluding carboxylic acids is 2. The van der Waals surface area contributed by atoms with E-state index in [1.165, 1.54) is 7.11 Å². The van der Waals surface area contributed by atoms with Crippen LogP contribution < -0.4 is 16.8 Å². The van der Waals surface area contributed by atoms with Crippen LogP contribution in [0.4, 0.5) is 0 Å². The normalized spacial score (nSPS) is 20.4. The summed E-state index contributed by atoms with van der Waals surface area (Å²) in [5.74, 6) is -0.671. The van der Waals surface area contributed by atoms with Crippen LogP contribution in [0.1, 0.15) is 25.7 Å². The van der Waals surface area contributed by atoms with Gasteiger partial charge in [0.05, 0.1) is 13.2 Å². The lowest BCUT2D eigenvalue weighted by Crippen LogP contribution is -2.52. The van der Waals surface area contributed by atoms with Gasteiger partial charge in [0.2, 0.25) is 5.91 Å². The number of rotatable bonds is 7. The van der Waals surface area contributed by atoms with Gasteiger partial charge in [-0.05, 0) is 38.6 Å². The van der Waals surface area contributed by atoms with Gasteiger partial charge in [-0.3, -0.25) is 9.59 Å².